The summed E-state index contributed by atoms with van der Waals surface area (Å²) in [6.45, 7) is 3.62. The van der Waals surface area contributed by atoms with Crippen LogP contribution < -0.4 is 10.3 Å². The molecule has 0 bridgehead atoms. The van der Waals surface area contributed by atoms with E-state index in [4.69, 9.17) is 0 Å². The molecule has 6 nitrogen and oxygen atoms in total. The Bertz CT molecular complexity index is 1120. The number of aromatic amines is 1. The Labute approximate surface area is 156 Å². The van der Waals surface area contributed by atoms with E-state index in [2.05, 4.69) is 14.7 Å². The summed E-state index contributed by atoms with van der Waals surface area (Å²) in [5.41, 5.74) is 2.54. The number of aromatic nitrogens is 2. The van der Waals surface area contributed by atoms with E-state index in [0.29, 0.717) is 17.7 Å². The number of aryl methyl sites for hydroxylation is 2. The van der Waals surface area contributed by atoms with Gasteiger partial charge in [0, 0.05) is 12.0 Å². The maximum absolute atomic E-state index is 13.0. The van der Waals surface area contributed by atoms with Crippen LogP contribution in [0.25, 0.3) is 0 Å². The zero-order valence-corrected chi connectivity index (χ0v) is 15.6. The van der Waals surface area contributed by atoms with Gasteiger partial charge in [0.15, 0.2) is 0 Å². The monoisotopic (exact) mass is 387 g/mol. The van der Waals surface area contributed by atoms with E-state index in [0.717, 1.165) is 35.4 Å². The van der Waals surface area contributed by atoms with Crippen molar-refractivity contribution in [3.8, 4) is 0 Å². The number of H-pyrrole nitrogens is 1. The first-order valence-corrected chi connectivity index (χ1v) is 9.66. The largest absolute Gasteiger partial charge is 0.292 e. The maximum atomic E-state index is 13.0. The minimum Gasteiger partial charge on any atom is -0.292 e. The zero-order valence-electron chi connectivity index (χ0n) is 14.8. The molecule has 3 rings (SSSR count). The van der Waals surface area contributed by atoms with Gasteiger partial charge >= 0.3 is 0 Å². The first-order chi connectivity index (χ1) is 12.7. The quantitative estimate of drug-likeness (QED) is 0.704. The molecule has 0 atom stereocenters. The second-order valence-corrected chi connectivity index (χ2v) is 7.88. The lowest BCUT2D eigenvalue weighted by atomic mass is 10.0. The van der Waals surface area contributed by atoms with Gasteiger partial charge in [0.05, 0.1) is 10.6 Å². The second-order valence-electron chi connectivity index (χ2n) is 6.20. The number of rotatable bonds is 5. The van der Waals surface area contributed by atoms with Crippen LogP contribution in [-0.4, -0.2) is 18.4 Å². The summed E-state index contributed by atoms with van der Waals surface area (Å²) in [5, 5.41) is 0. The molecule has 0 aliphatic rings. The van der Waals surface area contributed by atoms with E-state index in [1.165, 1.54) is 0 Å². The molecule has 8 heteroatoms. The second kappa shape index (κ2) is 7.32. The highest BCUT2D eigenvalue weighted by molar-refractivity contribution is 7.92. The van der Waals surface area contributed by atoms with Crippen molar-refractivity contribution in [2.45, 2.75) is 25.2 Å². The van der Waals surface area contributed by atoms with Gasteiger partial charge in [0.1, 0.15) is 5.82 Å². The number of nitrogens with zero attached hydrogens (tertiary/aromatic N) is 1. The summed E-state index contributed by atoms with van der Waals surface area (Å²) in [6, 6.07) is 12.1. The molecule has 0 radical (unpaired) electrons. The summed E-state index contributed by atoms with van der Waals surface area (Å²) in [6.07, 6.45) is 0.388. The molecule has 0 aliphatic carbocycles. The van der Waals surface area contributed by atoms with Crippen molar-refractivity contribution in [3.63, 3.8) is 0 Å². The average molecular weight is 387 g/mol. The highest BCUT2D eigenvalue weighted by Crippen LogP contribution is 2.15. The zero-order chi connectivity index (χ0) is 19.6. The van der Waals surface area contributed by atoms with Crippen molar-refractivity contribution in [3.05, 3.63) is 87.1 Å². The van der Waals surface area contributed by atoms with Crippen LogP contribution in [-0.2, 0) is 16.4 Å². The Morgan fingerprint density at radius 2 is 1.67 bits per heavy atom. The fraction of sp³-hybridized carbons (Fsp3) is 0.158. The van der Waals surface area contributed by atoms with Gasteiger partial charge in [0.25, 0.3) is 15.6 Å². The van der Waals surface area contributed by atoms with Gasteiger partial charge in [-0.1, -0.05) is 29.8 Å². The molecule has 3 aromatic rings. The number of anilines is 1. The van der Waals surface area contributed by atoms with Crippen molar-refractivity contribution in [1.82, 2.24) is 9.97 Å². The Morgan fingerprint density at radius 3 is 2.26 bits per heavy atom. The topological polar surface area (TPSA) is 91.9 Å². The van der Waals surface area contributed by atoms with Crippen LogP contribution >= 0.6 is 0 Å². The van der Waals surface area contributed by atoms with Gasteiger partial charge in [-0.3, -0.25) is 9.78 Å². The molecule has 2 N–H and O–H groups in total. The van der Waals surface area contributed by atoms with Crippen molar-refractivity contribution in [2.24, 2.45) is 0 Å². The normalized spacial score (nSPS) is 11.4. The number of benzene rings is 2. The van der Waals surface area contributed by atoms with E-state index >= 15 is 0 Å². The Hall–Kier alpha value is -3.00. The maximum Gasteiger partial charge on any atom is 0.264 e. The highest BCUT2D eigenvalue weighted by atomic mass is 32.2. The van der Waals surface area contributed by atoms with Gasteiger partial charge in [-0.2, -0.15) is 0 Å². The number of hydrogen-bond donors (Lipinski definition) is 2. The molecule has 0 saturated carbocycles. The molecular formula is C19H18FN3O3S. The molecule has 2 aromatic carbocycles. The van der Waals surface area contributed by atoms with E-state index in [1.807, 2.05) is 31.2 Å². The molecule has 0 amide bonds. The minimum absolute atomic E-state index is 0.132. The molecule has 1 heterocycles. The van der Waals surface area contributed by atoms with Crippen LogP contribution in [0.3, 0.4) is 0 Å². The third-order valence-corrected chi connectivity index (χ3v) is 5.43. The molecule has 0 fully saturated rings. The van der Waals surface area contributed by atoms with E-state index in [-0.39, 0.29) is 10.8 Å². The Morgan fingerprint density at radius 1 is 1.04 bits per heavy atom. The van der Waals surface area contributed by atoms with Gasteiger partial charge in [-0.25, -0.2) is 22.5 Å². The molecule has 0 aliphatic heterocycles. The van der Waals surface area contributed by atoms with Crippen LogP contribution in [0.1, 0.15) is 22.4 Å². The van der Waals surface area contributed by atoms with Gasteiger partial charge in [-0.05, 0) is 43.7 Å². The van der Waals surface area contributed by atoms with Crippen molar-refractivity contribution in [2.75, 3.05) is 4.72 Å². The summed E-state index contributed by atoms with van der Waals surface area (Å²) < 4.78 is 39.9. The predicted molar refractivity (Wildman–Crippen MR) is 101 cm³/mol. The van der Waals surface area contributed by atoms with Crippen molar-refractivity contribution >= 4 is 16.0 Å². The SMILES string of the molecule is Cc1ccc(Cc2c(C)nc(NS(=O)(=O)c3ccc(F)cc3)[nH]c2=O)cc1. The molecule has 0 unspecified atom stereocenters. The van der Waals surface area contributed by atoms with Crippen molar-refractivity contribution < 1.29 is 12.8 Å². The first kappa shape index (κ1) is 18.8. The van der Waals surface area contributed by atoms with Gasteiger partial charge < -0.3 is 0 Å². The molecule has 0 saturated heterocycles. The Balaban J connectivity index is 1.87. The van der Waals surface area contributed by atoms with Crippen LogP contribution in [0.4, 0.5) is 10.3 Å². The van der Waals surface area contributed by atoms with Crippen LogP contribution in [0, 0.1) is 19.7 Å². The van der Waals surface area contributed by atoms with E-state index in [1.54, 1.807) is 6.92 Å². The average Bonchev–Trinajstić information content (AvgIpc) is 2.60. The number of halogens is 1. The first-order valence-electron chi connectivity index (χ1n) is 8.18. The van der Waals surface area contributed by atoms with Gasteiger partial charge in [0.2, 0.25) is 5.95 Å². The highest BCUT2D eigenvalue weighted by Gasteiger charge is 2.17. The summed E-state index contributed by atoms with van der Waals surface area (Å²) in [4.78, 5) is 18.9. The predicted octanol–water partition coefficient (Wildman–Crippen LogP) is 2.92. The third-order valence-electron chi connectivity index (χ3n) is 4.08. The standard InChI is InChI=1S/C19H18FN3O3S/c1-12-3-5-14(6-4-12)11-17-13(2)21-19(22-18(17)24)23-27(25,26)16-9-7-15(20)8-10-16/h3-10H,11H2,1-2H3,(H2,21,22,23,24). The number of nitrogens with one attached hydrogen (secondary N) is 2. The van der Waals surface area contributed by atoms with E-state index in [9.17, 15) is 17.6 Å². The molecule has 0 spiro atoms. The fourth-order valence-electron chi connectivity index (χ4n) is 2.58. The minimum atomic E-state index is -3.99. The van der Waals surface area contributed by atoms with Crippen LogP contribution in [0.2, 0.25) is 0 Å². The number of sulfonamides is 1. The van der Waals surface area contributed by atoms with E-state index < -0.39 is 21.4 Å². The molecule has 1 aromatic heterocycles. The van der Waals surface area contributed by atoms with Crippen LogP contribution in [0.15, 0.2) is 58.2 Å². The summed E-state index contributed by atoms with van der Waals surface area (Å²) >= 11 is 0. The molecular weight excluding hydrogens is 369 g/mol. The van der Waals surface area contributed by atoms with Crippen molar-refractivity contribution in [1.29, 1.82) is 0 Å². The van der Waals surface area contributed by atoms with Gasteiger partial charge in [-0.15, -0.1) is 0 Å². The lowest BCUT2D eigenvalue weighted by Crippen LogP contribution is -2.22. The lowest BCUT2D eigenvalue weighted by molar-refractivity contribution is 0.599. The lowest BCUT2D eigenvalue weighted by Gasteiger charge is -2.10. The summed E-state index contributed by atoms with van der Waals surface area (Å²) in [5.74, 6) is -0.730. The number of hydrogen-bond acceptors (Lipinski definition) is 4. The summed E-state index contributed by atoms with van der Waals surface area (Å²) in [7, 11) is -3.99. The van der Waals surface area contributed by atoms with Crippen LogP contribution in [0.5, 0.6) is 0 Å². The third kappa shape index (κ3) is 4.40. The Kier molecular flexibility index (Phi) is 5.09. The fourth-order valence-corrected chi connectivity index (χ4v) is 3.54. The molecule has 27 heavy (non-hydrogen) atoms. The molecule has 140 valence electrons. The smallest absolute Gasteiger partial charge is 0.264 e.